The Hall–Kier alpha value is -1.27. The van der Waals surface area contributed by atoms with Crippen molar-refractivity contribution < 1.29 is 19.2 Å². The topological polar surface area (TPSA) is 63.7 Å². The van der Waals surface area contributed by atoms with E-state index in [4.69, 9.17) is 46.4 Å². The molecule has 5 nitrogen and oxygen atoms in total. The molecule has 0 saturated heterocycles. The zero-order valence-electron chi connectivity index (χ0n) is 9.38. The van der Waals surface area contributed by atoms with Crippen molar-refractivity contribution in [2.75, 3.05) is 0 Å². The minimum absolute atomic E-state index is 0.171. The van der Waals surface area contributed by atoms with Gasteiger partial charge in [0.25, 0.3) is 11.8 Å². The first kappa shape index (κ1) is 15.1. The third-order valence-electron chi connectivity index (χ3n) is 2.41. The normalized spacial score (nSPS) is 13.5. The number of hydrogen-bond acceptors (Lipinski definition) is 4. The molecule has 0 unspecified atom stereocenters. The Balaban J connectivity index is 2.63. The van der Waals surface area contributed by atoms with Gasteiger partial charge in [-0.05, 0) is 0 Å². The highest BCUT2D eigenvalue weighted by atomic mass is 35.5. The first-order valence-electron chi connectivity index (χ1n) is 4.90. The Labute approximate surface area is 132 Å². The molecule has 0 spiro atoms. The molecule has 0 fully saturated rings. The van der Waals surface area contributed by atoms with Crippen LogP contribution in [0.2, 0.25) is 20.1 Å². The largest absolute Gasteiger partial charge is 0.356 e. The van der Waals surface area contributed by atoms with Gasteiger partial charge >= 0.3 is 5.97 Å². The van der Waals surface area contributed by atoms with Crippen LogP contribution in [0.25, 0.3) is 0 Å². The van der Waals surface area contributed by atoms with E-state index in [1.54, 1.807) is 0 Å². The highest BCUT2D eigenvalue weighted by Crippen LogP contribution is 2.44. The summed E-state index contributed by atoms with van der Waals surface area (Å²) in [7, 11) is 0. The van der Waals surface area contributed by atoms with E-state index in [-0.39, 0.29) is 36.3 Å². The van der Waals surface area contributed by atoms with Crippen LogP contribution in [0.3, 0.4) is 0 Å². The summed E-state index contributed by atoms with van der Waals surface area (Å²) in [6, 6.07) is 0. The number of amides is 2. The number of imide groups is 1. The number of rotatable bonds is 2. The molecule has 0 N–H and O–H groups in total. The van der Waals surface area contributed by atoms with E-state index in [1.807, 2.05) is 0 Å². The molecule has 1 aromatic carbocycles. The van der Waals surface area contributed by atoms with E-state index < -0.39 is 17.8 Å². The van der Waals surface area contributed by atoms with Crippen molar-refractivity contribution in [3.05, 3.63) is 43.9 Å². The molecule has 9 heteroatoms. The Bertz CT molecular complexity index is 639. The Kier molecular flexibility index (Phi) is 3.97. The van der Waals surface area contributed by atoms with Gasteiger partial charge in [0, 0.05) is 6.08 Å². The predicted octanol–water partition coefficient (Wildman–Crippen LogP) is 3.54. The van der Waals surface area contributed by atoms with Gasteiger partial charge in [0.15, 0.2) is 0 Å². The molecule has 0 radical (unpaired) electrons. The summed E-state index contributed by atoms with van der Waals surface area (Å²) < 4.78 is 0. The van der Waals surface area contributed by atoms with Gasteiger partial charge in [-0.25, -0.2) is 4.79 Å². The van der Waals surface area contributed by atoms with Gasteiger partial charge in [0.05, 0.1) is 31.2 Å². The minimum atomic E-state index is -0.996. The lowest BCUT2D eigenvalue weighted by Gasteiger charge is -2.10. The van der Waals surface area contributed by atoms with E-state index in [1.165, 1.54) is 0 Å². The molecule has 1 aromatic rings. The molecule has 20 heavy (non-hydrogen) atoms. The van der Waals surface area contributed by atoms with Gasteiger partial charge < -0.3 is 4.84 Å². The lowest BCUT2D eigenvalue weighted by molar-refractivity contribution is -0.162. The monoisotopic (exact) mass is 353 g/mol. The van der Waals surface area contributed by atoms with Crippen LogP contribution in [0, 0.1) is 0 Å². The fourth-order valence-corrected chi connectivity index (χ4v) is 2.55. The molecule has 0 saturated carbocycles. The van der Waals surface area contributed by atoms with E-state index >= 15 is 0 Å². The van der Waals surface area contributed by atoms with Gasteiger partial charge in [-0.15, -0.1) is 0 Å². The van der Waals surface area contributed by atoms with Crippen LogP contribution in [-0.2, 0) is 9.63 Å². The summed E-state index contributed by atoms with van der Waals surface area (Å²) in [5, 5.41) is -0.609. The molecule has 0 bridgehead atoms. The number of halogens is 4. The summed E-state index contributed by atoms with van der Waals surface area (Å²) >= 11 is 23.4. The zero-order valence-corrected chi connectivity index (χ0v) is 12.4. The van der Waals surface area contributed by atoms with Crippen molar-refractivity contribution in [2.45, 2.75) is 0 Å². The molecule has 1 aliphatic heterocycles. The fraction of sp³-hybridized carbons (Fsp3) is 0. The fourth-order valence-electron chi connectivity index (χ4n) is 1.54. The standard InChI is InChI=1S/C11H3Cl4NO4/c1-2-3(17)20-16-10(18)4-5(11(16)19)7(13)9(15)8(14)6(4)12/h2H,1H2. The quantitative estimate of drug-likeness (QED) is 0.352. The van der Waals surface area contributed by atoms with Crippen molar-refractivity contribution in [1.29, 1.82) is 0 Å². The molecule has 104 valence electrons. The molecular formula is C11H3Cl4NO4. The van der Waals surface area contributed by atoms with E-state index in [0.29, 0.717) is 0 Å². The third kappa shape index (κ3) is 2.07. The maximum Gasteiger partial charge on any atom is 0.356 e. The zero-order chi connectivity index (χ0) is 15.2. The Morgan fingerprint density at radius 3 is 1.70 bits per heavy atom. The van der Waals surface area contributed by atoms with E-state index in [9.17, 15) is 14.4 Å². The van der Waals surface area contributed by atoms with Gasteiger partial charge in [0.1, 0.15) is 0 Å². The maximum absolute atomic E-state index is 12.0. The van der Waals surface area contributed by atoms with Crippen LogP contribution in [0.4, 0.5) is 0 Å². The molecule has 0 atom stereocenters. The maximum atomic E-state index is 12.0. The molecule has 2 rings (SSSR count). The third-order valence-corrected chi connectivity index (χ3v) is 4.21. The van der Waals surface area contributed by atoms with Crippen LogP contribution < -0.4 is 0 Å². The first-order chi connectivity index (χ1) is 9.31. The summed E-state index contributed by atoms with van der Waals surface area (Å²) in [6.07, 6.45) is 0.784. The SMILES string of the molecule is C=CC(=O)ON1C(=O)c2c(Cl)c(Cl)c(Cl)c(Cl)c2C1=O. The van der Waals surface area contributed by atoms with Gasteiger partial charge in [0.2, 0.25) is 0 Å². The van der Waals surface area contributed by atoms with Gasteiger partial charge in [-0.1, -0.05) is 58.0 Å². The highest BCUT2D eigenvalue weighted by Gasteiger charge is 2.44. The first-order valence-corrected chi connectivity index (χ1v) is 6.41. The lowest BCUT2D eigenvalue weighted by Crippen LogP contribution is -2.32. The average Bonchev–Trinajstić information content (AvgIpc) is 2.67. The van der Waals surface area contributed by atoms with Gasteiger partial charge in [-0.3, -0.25) is 9.59 Å². The number of nitrogens with zero attached hydrogens (tertiary/aromatic N) is 1. The van der Waals surface area contributed by atoms with E-state index in [0.717, 1.165) is 6.08 Å². The summed E-state index contributed by atoms with van der Waals surface area (Å²) in [5.41, 5.74) is -0.541. The Morgan fingerprint density at radius 2 is 1.35 bits per heavy atom. The van der Waals surface area contributed by atoms with Crippen molar-refractivity contribution in [3.63, 3.8) is 0 Å². The van der Waals surface area contributed by atoms with Crippen molar-refractivity contribution in [2.24, 2.45) is 0 Å². The highest BCUT2D eigenvalue weighted by molar-refractivity contribution is 6.55. The van der Waals surface area contributed by atoms with Crippen molar-refractivity contribution in [3.8, 4) is 0 Å². The smallest absolute Gasteiger partial charge is 0.325 e. The second kappa shape index (κ2) is 5.26. The van der Waals surface area contributed by atoms with Crippen molar-refractivity contribution >= 4 is 64.2 Å². The molecular weight excluding hydrogens is 352 g/mol. The molecule has 2 amide bonds. The van der Waals surface area contributed by atoms with Crippen LogP contribution in [0.1, 0.15) is 20.7 Å². The molecule has 0 aromatic heterocycles. The summed E-state index contributed by atoms with van der Waals surface area (Å²) in [5.74, 6) is -2.93. The molecule has 1 heterocycles. The number of benzene rings is 1. The predicted molar refractivity (Wildman–Crippen MR) is 73.3 cm³/mol. The second-order valence-electron chi connectivity index (χ2n) is 3.53. The van der Waals surface area contributed by atoms with E-state index in [2.05, 4.69) is 11.4 Å². The lowest BCUT2D eigenvalue weighted by atomic mass is 10.1. The number of carbonyl (C=O) groups excluding carboxylic acids is 3. The minimum Gasteiger partial charge on any atom is -0.325 e. The van der Waals surface area contributed by atoms with Crippen LogP contribution in [0.5, 0.6) is 0 Å². The van der Waals surface area contributed by atoms with Crippen LogP contribution in [-0.4, -0.2) is 22.8 Å². The number of carbonyl (C=O) groups is 3. The molecule has 1 aliphatic rings. The van der Waals surface area contributed by atoms with Crippen molar-refractivity contribution in [1.82, 2.24) is 5.06 Å². The number of hydrogen-bond donors (Lipinski definition) is 0. The summed E-state index contributed by atoms with van der Waals surface area (Å²) in [4.78, 5) is 39.7. The number of fused-ring (bicyclic) bond motifs is 1. The molecule has 0 aliphatic carbocycles. The van der Waals surface area contributed by atoms with Crippen LogP contribution >= 0.6 is 46.4 Å². The Morgan fingerprint density at radius 1 is 0.950 bits per heavy atom. The van der Waals surface area contributed by atoms with Gasteiger partial charge in [-0.2, -0.15) is 0 Å². The average molecular weight is 355 g/mol. The van der Waals surface area contributed by atoms with Crippen LogP contribution in [0.15, 0.2) is 12.7 Å². The summed E-state index contributed by atoms with van der Waals surface area (Å²) in [6.45, 7) is 3.15. The number of hydroxylamine groups is 2. The second-order valence-corrected chi connectivity index (χ2v) is 5.04.